The Balaban J connectivity index is 1.70. The normalized spacial score (nSPS) is 11.8. The van der Waals surface area contributed by atoms with Crippen molar-refractivity contribution in [1.82, 2.24) is 0 Å². The Morgan fingerprint density at radius 1 is 0.923 bits per heavy atom. The minimum atomic E-state index is -1.01. The molecule has 0 aliphatic heterocycles. The minimum Gasteiger partial charge on any atom is -0.449 e. The van der Waals surface area contributed by atoms with Gasteiger partial charge in [-0.25, -0.2) is 4.79 Å². The number of halogens is 2. The van der Waals surface area contributed by atoms with E-state index in [0.29, 0.717) is 5.69 Å². The van der Waals surface area contributed by atoms with Gasteiger partial charge in [0.05, 0.1) is 15.6 Å². The maximum atomic E-state index is 12.3. The van der Waals surface area contributed by atoms with Crippen LogP contribution in [0.15, 0.2) is 60.7 Å². The fraction of sp³-hybridized carbons (Fsp3) is 0.100. The molecule has 0 unspecified atom stereocenters. The van der Waals surface area contributed by atoms with Gasteiger partial charge >= 0.3 is 5.97 Å². The van der Waals surface area contributed by atoms with Crippen LogP contribution in [0.3, 0.4) is 0 Å². The molecule has 0 radical (unpaired) electrons. The zero-order chi connectivity index (χ0) is 18.7. The molecule has 1 atom stereocenters. The first-order valence-electron chi connectivity index (χ1n) is 7.90. The van der Waals surface area contributed by atoms with Crippen molar-refractivity contribution in [2.45, 2.75) is 13.0 Å². The highest BCUT2D eigenvalue weighted by Gasteiger charge is 2.22. The maximum absolute atomic E-state index is 12.3. The van der Waals surface area contributed by atoms with Gasteiger partial charge in [-0.3, -0.25) is 4.79 Å². The quantitative estimate of drug-likeness (QED) is 0.615. The number of nitrogens with one attached hydrogen (secondary N) is 1. The van der Waals surface area contributed by atoms with E-state index in [9.17, 15) is 9.59 Å². The number of esters is 1. The molecule has 3 rings (SSSR count). The Labute approximate surface area is 160 Å². The molecule has 0 spiro atoms. The molecule has 0 aliphatic carbocycles. The first-order chi connectivity index (χ1) is 12.5. The van der Waals surface area contributed by atoms with Crippen LogP contribution >= 0.6 is 23.2 Å². The van der Waals surface area contributed by atoms with Crippen LogP contribution in [0.25, 0.3) is 10.8 Å². The topological polar surface area (TPSA) is 55.4 Å². The van der Waals surface area contributed by atoms with Crippen molar-refractivity contribution in [2.75, 3.05) is 5.32 Å². The molecule has 3 aromatic carbocycles. The summed E-state index contributed by atoms with van der Waals surface area (Å²) in [7, 11) is 0. The molecule has 0 heterocycles. The Morgan fingerprint density at radius 3 is 2.27 bits per heavy atom. The first kappa shape index (κ1) is 18.2. The number of hydrogen-bond acceptors (Lipinski definition) is 3. The maximum Gasteiger partial charge on any atom is 0.341 e. The highest BCUT2D eigenvalue weighted by atomic mass is 35.5. The number of fused-ring (bicyclic) bond motifs is 1. The van der Waals surface area contributed by atoms with E-state index < -0.39 is 18.0 Å². The zero-order valence-corrected chi connectivity index (χ0v) is 15.3. The number of hydrogen-bond donors (Lipinski definition) is 1. The summed E-state index contributed by atoms with van der Waals surface area (Å²) in [5, 5.41) is 5.15. The van der Waals surface area contributed by atoms with Crippen LogP contribution in [-0.4, -0.2) is 18.0 Å². The van der Waals surface area contributed by atoms with E-state index in [4.69, 9.17) is 27.9 Å². The Morgan fingerprint density at radius 2 is 1.58 bits per heavy atom. The number of carbonyl (C=O) groups excluding carboxylic acids is 2. The third kappa shape index (κ3) is 3.98. The average molecular weight is 388 g/mol. The summed E-state index contributed by atoms with van der Waals surface area (Å²) < 4.78 is 5.20. The molecule has 0 saturated carbocycles. The van der Waals surface area contributed by atoms with E-state index in [0.717, 1.165) is 10.8 Å². The van der Waals surface area contributed by atoms with Gasteiger partial charge in [-0.2, -0.15) is 0 Å². The van der Waals surface area contributed by atoms with Gasteiger partial charge in [0.1, 0.15) is 0 Å². The van der Waals surface area contributed by atoms with E-state index in [1.807, 2.05) is 36.4 Å². The van der Waals surface area contributed by atoms with Crippen molar-refractivity contribution < 1.29 is 14.3 Å². The molecule has 0 fully saturated rings. The van der Waals surface area contributed by atoms with Gasteiger partial charge in [-0.1, -0.05) is 59.6 Å². The van der Waals surface area contributed by atoms with Gasteiger partial charge in [-0.05, 0) is 42.0 Å². The molecule has 3 aromatic rings. The van der Waals surface area contributed by atoms with Crippen LogP contribution in [0.1, 0.15) is 17.3 Å². The Hall–Kier alpha value is -2.56. The van der Waals surface area contributed by atoms with E-state index in [-0.39, 0.29) is 15.6 Å². The standard InChI is InChI=1S/C20H15Cl2NO3/c1-12(26-20(25)18-16(21)7-4-8-17(18)22)19(24)23-15-10-9-13-5-2-3-6-14(13)11-15/h2-12H,1H3,(H,23,24)/t12-/m0/s1. The Bertz CT molecular complexity index is 967. The van der Waals surface area contributed by atoms with Crippen molar-refractivity contribution in [2.24, 2.45) is 0 Å². The van der Waals surface area contributed by atoms with Gasteiger partial charge in [0.25, 0.3) is 5.91 Å². The second-order valence-electron chi connectivity index (χ2n) is 5.70. The molecule has 1 amide bonds. The third-order valence-electron chi connectivity index (χ3n) is 3.84. The van der Waals surface area contributed by atoms with Gasteiger partial charge in [0.2, 0.25) is 0 Å². The lowest BCUT2D eigenvalue weighted by Gasteiger charge is -2.15. The molecule has 0 saturated heterocycles. The summed E-state index contributed by atoms with van der Waals surface area (Å²) >= 11 is 12.0. The predicted molar refractivity (Wildman–Crippen MR) is 104 cm³/mol. The summed E-state index contributed by atoms with van der Waals surface area (Å²) in [4.78, 5) is 24.6. The van der Waals surface area contributed by atoms with Gasteiger partial charge in [0, 0.05) is 5.69 Å². The molecule has 26 heavy (non-hydrogen) atoms. The lowest BCUT2D eigenvalue weighted by molar-refractivity contribution is -0.123. The fourth-order valence-corrected chi connectivity index (χ4v) is 3.03. The van der Waals surface area contributed by atoms with E-state index in [1.165, 1.54) is 19.1 Å². The number of ether oxygens (including phenoxy) is 1. The van der Waals surface area contributed by atoms with Gasteiger partial charge in [0.15, 0.2) is 6.10 Å². The lowest BCUT2D eigenvalue weighted by atomic mass is 10.1. The SMILES string of the molecule is C[C@H](OC(=O)c1c(Cl)cccc1Cl)C(=O)Nc1ccc2ccccc2c1. The van der Waals surface area contributed by atoms with Gasteiger partial charge < -0.3 is 10.1 Å². The van der Waals surface area contributed by atoms with Crippen molar-refractivity contribution in [3.63, 3.8) is 0 Å². The summed E-state index contributed by atoms with van der Waals surface area (Å²) in [5.74, 6) is -1.20. The van der Waals surface area contributed by atoms with Gasteiger partial charge in [-0.15, -0.1) is 0 Å². The third-order valence-corrected chi connectivity index (χ3v) is 4.47. The van der Waals surface area contributed by atoms with Crippen molar-refractivity contribution in [3.05, 3.63) is 76.3 Å². The Kier molecular flexibility index (Phi) is 5.45. The van der Waals surface area contributed by atoms with Crippen LogP contribution in [0.2, 0.25) is 10.0 Å². The van der Waals surface area contributed by atoms with Crippen LogP contribution in [-0.2, 0) is 9.53 Å². The number of anilines is 1. The zero-order valence-electron chi connectivity index (χ0n) is 13.8. The van der Waals surface area contributed by atoms with E-state index in [2.05, 4.69) is 5.32 Å². The summed E-state index contributed by atoms with van der Waals surface area (Å²) in [6.45, 7) is 1.49. The number of carbonyl (C=O) groups is 2. The van der Waals surface area contributed by atoms with Crippen LogP contribution < -0.4 is 5.32 Å². The predicted octanol–water partition coefficient (Wildman–Crippen LogP) is 5.33. The lowest BCUT2D eigenvalue weighted by Crippen LogP contribution is -2.30. The number of rotatable bonds is 4. The van der Waals surface area contributed by atoms with Crippen LogP contribution in [0, 0.1) is 0 Å². The second kappa shape index (κ2) is 7.77. The molecule has 0 aliphatic rings. The monoisotopic (exact) mass is 387 g/mol. The van der Waals surface area contributed by atoms with Crippen molar-refractivity contribution in [3.8, 4) is 0 Å². The molecule has 4 nitrogen and oxygen atoms in total. The van der Waals surface area contributed by atoms with E-state index >= 15 is 0 Å². The second-order valence-corrected chi connectivity index (χ2v) is 6.51. The average Bonchev–Trinajstić information content (AvgIpc) is 2.61. The van der Waals surface area contributed by atoms with Crippen molar-refractivity contribution in [1.29, 1.82) is 0 Å². The summed E-state index contributed by atoms with van der Waals surface area (Å²) in [6.07, 6.45) is -1.01. The molecular weight excluding hydrogens is 373 g/mol. The first-order valence-corrected chi connectivity index (χ1v) is 8.66. The van der Waals surface area contributed by atoms with Crippen LogP contribution in [0.4, 0.5) is 5.69 Å². The number of benzene rings is 3. The molecule has 1 N–H and O–H groups in total. The summed E-state index contributed by atoms with van der Waals surface area (Å²) in [5.41, 5.74) is 0.661. The fourth-order valence-electron chi connectivity index (χ4n) is 2.48. The highest BCUT2D eigenvalue weighted by molar-refractivity contribution is 6.39. The highest BCUT2D eigenvalue weighted by Crippen LogP contribution is 2.25. The van der Waals surface area contributed by atoms with Crippen molar-refractivity contribution >= 4 is 51.5 Å². The van der Waals surface area contributed by atoms with E-state index in [1.54, 1.807) is 12.1 Å². The molecule has 0 aromatic heterocycles. The summed E-state index contributed by atoms with van der Waals surface area (Å²) in [6, 6.07) is 18.0. The molecule has 6 heteroatoms. The minimum absolute atomic E-state index is 0.0428. The smallest absolute Gasteiger partial charge is 0.341 e. The molecule has 0 bridgehead atoms. The van der Waals surface area contributed by atoms with Crippen LogP contribution in [0.5, 0.6) is 0 Å². The molecular formula is C20H15Cl2NO3. The largest absolute Gasteiger partial charge is 0.449 e. The number of amides is 1. The molecule has 132 valence electrons.